The molecule has 0 aliphatic rings. The van der Waals surface area contributed by atoms with Crippen molar-refractivity contribution in [2.24, 2.45) is 0 Å². The van der Waals surface area contributed by atoms with Crippen LogP contribution in [0, 0.1) is 0 Å². The highest BCUT2D eigenvalue weighted by molar-refractivity contribution is 5.71. The molecular formula is C68H112O6. The summed E-state index contributed by atoms with van der Waals surface area (Å²) in [5.74, 6) is -0.946. The minimum absolute atomic E-state index is 0.0974. The summed E-state index contributed by atoms with van der Waals surface area (Å²) in [7, 11) is 0. The van der Waals surface area contributed by atoms with E-state index in [2.05, 4.69) is 142 Å². The Morgan fingerprint density at radius 3 is 0.905 bits per heavy atom. The van der Waals surface area contributed by atoms with Crippen molar-refractivity contribution in [3.8, 4) is 0 Å². The molecule has 0 aromatic carbocycles. The van der Waals surface area contributed by atoms with Crippen LogP contribution in [0.5, 0.6) is 0 Å². The highest BCUT2D eigenvalue weighted by atomic mass is 16.6. The second-order valence-corrected chi connectivity index (χ2v) is 19.9. The maximum Gasteiger partial charge on any atom is 0.306 e. The number of hydrogen-bond acceptors (Lipinski definition) is 6. The van der Waals surface area contributed by atoms with Crippen LogP contribution in [0.3, 0.4) is 0 Å². The molecule has 0 heterocycles. The lowest BCUT2D eigenvalue weighted by molar-refractivity contribution is -0.167. The molecule has 0 spiro atoms. The molecule has 420 valence electrons. The number of rotatable bonds is 54. The lowest BCUT2D eigenvalue weighted by Gasteiger charge is -2.18. The van der Waals surface area contributed by atoms with Crippen LogP contribution < -0.4 is 0 Å². The predicted octanol–water partition coefficient (Wildman–Crippen LogP) is 20.8. The molecule has 0 aliphatic heterocycles. The van der Waals surface area contributed by atoms with Crippen LogP contribution in [-0.2, 0) is 28.6 Å². The van der Waals surface area contributed by atoms with Crippen LogP contribution >= 0.6 is 0 Å². The number of allylic oxidation sites excluding steroid dienone is 20. The predicted molar refractivity (Wildman–Crippen MR) is 320 cm³/mol. The summed E-state index contributed by atoms with van der Waals surface area (Å²) in [5.41, 5.74) is 0. The number of carbonyl (C=O) groups excluding carboxylic acids is 3. The van der Waals surface area contributed by atoms with E-state index in [0.717, 1.165) is 135 Å². The maximum absolute atomic E-state index is 12.9. The average Bonchev–Trinajstić information content (AvgIpc) is 3.40. The fourth-order valence-electron chi connectivity index (χ4n) is 8.10. The molecule has 0 radical (unpaired) electrons. The van der Waals surface area contributed by atoms with E-state index in [1.165, 1.54) is 96.3 Å². The van der Waals surface area contributed by atoms with Crippen molar-refractivity contribution in [3.63, 3.8) is 0 Å². The summed E-state index contributed by atoms with van der Waals surface area (Å²) in [6.45, 7) is 6.42. The minimum Gasteiger partial charge on any atom is -0.462 e. The van der Waals surface area contributed by atoms with Crippen LogP contribution in [0.4, 0.5) is 0 Å². The minimum atomic E-state index is -0.801. The van der Waals surface area contributed by atoms with E-state index >= 15 is 0 Å². The van der Waals surface area contributed by atoms with Gasteiger partial charge in [0.15, 0.2) is 6.10 Å². The van der Waals surface area contributed by atoms with Gasteiger partial charge in [-0.3, -0.25) is 14.4 Å². The molecule has 6 heteroatoms. The third-order valence-electron chi connectivity index (χ3n) is 12.7. The zero-order chi connectivity index (χ0) is 53.6. The second-order valence-electron chi connectivity index (χ2n) is 19.9. The second kappa shape index (κ2) is 61.4. The lowest BCUT2D eigenvalue weighted by atomic mass is 10.1. The van der Waals surface area contributed by atoms with E-state index in [1.807, 2.05) is 0 Å². The summed E-state index contributed by atoms with van der Waals surface area (Å²) in [5, 5.41) is 0. The van der Waals surface area contributed by atoms with Gasteiger partial charge in [-0.1, -0.05) is 245 Å². The fourth-order valence-corrected chi connectivity index (χ4v) is 8.10. The van der Waals surface area contributed by atoms with Crippen molar-refractivity contribution in [1.29, 1.82) is 0 Å². The Hall–Kier alpha value is -4.19. The van der Waals surface area contributed by atoms with E-state index in [1.54, 1.807) is 0 Å². The zero-order valence-corrected chi connectivity index (χ0v) is 48.1. The summed E-state index contributed by atoms with van der Waals surface area (Å²) in [6.07, 6.45) is 84.9. The first-order valence-electron chi connectivity index (χ1n) is 30.5. The lowest BCUT2D eigenvalue weighted by Crippen LogP contribution is -2.30. The monoisotopic (exact) mass is 1020 g/mol. The molecule has 1 unspecified atom stereocenters. The van der Waals surface area contributed by atoms with Crippen LogP contribution in [0.1, 0.15) is 271 Å². The topological polar surface area (TPSA) is 78.9 Å². The molecule has 0 saturated carbocycles. The standard InChI is InChI=1S/C68H112O6/c1-4-7-10-13-16-19-22-24-26-28-30-32-33-34-35-37-38-40-42-44-46-49-52-55-58-61-67(70)73-64-65(63-72-66(69)60-57-54-51-48-21-18-15-12-9-6-3)74-68(71)62-59-56-53-50-47-45-43-41-39-36-31-29-27-25-23-20-17-14-11-8-5-2/h7,10,12,15-16,19,23-26,29-32,34-35,38,40,44,46,65H,4-6,8-9,11,13-14,17-18,20-22,27-28,33,36-37,39,41-43,45,47-64H2,1-3H3/b10-7-,15-12-,19-16-,25-23-,26-24-,31-29-,32-30-,35-34-,40-38-,46-44-. The van der Waals surface area contributed by atoms with E-state index in [0.29, 0.717) is 19.3 Å². The number of hydrogen-bond donors (Lipinski definition) is 0. The molecule has 0 saturated heterocycles. The molecule has 6 nitrogen and oxygen atoms in total. The van der Waals surface area contributed by atoms with Crippen molar-refractivity contribution in [3.05, 3.63) is 122 Å². The van der Waals surface area contributed by atoms with Gasteiger partial charge in [-0.05, 0) is 128 Å². The van der Waals surface area contributed by atoms with Gasteiger partial charge < -0.3 is 14.2 Å². The van der Waals surface area contributed by atoms with Gasteiger partial charge in [0, 0.05) is 19.3 Å². The van der Waals surface area contributed by atoms with Crippen molar-refractivity contribution < 1.29 is 28.6 Å². The third-order valence-corrected chi connectivity index (χ3v) is 12.7. The zero-order valence-electron chi connectivity index (χ0n) is 48.1. The Labute approximate surface area is 456 Å². The van der Waals surface area contributed by atoms with Gasteiger partial charge in [0.2, 0.25) is 0 Å². The first-order chi connectivity index (χ1) is 36.5. The summed E-state index contributed by atoms with van der Waals surface area (Å²) in [6, 6.07) is 0. The Morgan fingerprint density at radius 1 is 0.284 bits per heavy atom. The molecule has 0 rings (SSSR count). The number of ether oxygens (including phenoxy) is 3. The Morgan fingerprint density at radius 2 is 0.554 bits per heavy atom. The average molecular weight is 1030 g/mol. The molecule has 0 fully saturated rings. The van der Waals surface area contributed by atoms with Crippen molar-refractivity contribution in [1.82, 2.24) is 0 Å². The van der Waals surface area contributed by atoms with Gasteiger partial charge in [0.1, 0.15) is 13.2 Å². The first-order valence-corrected chi connectivity index (χ1v) is 30.5. The van der Waals surface area contributed by atoms with Gasteiger partial charge in [-0.2, -0.15) is 0 Å². The third kappa shape index (κ3) is 58.7. The van der Waals surface area contributed by atoms with E-state index in [-0.39, 0.29) is 31.1 Å². The summed E-state index contributed by atoms with van der Waals surface area (Å²) < 4.78 is 16.8. The highest BCUT2D eigenvalue weighted by Gasteiger charge is 2.19. The highest BCUT2D eigenvalue weighted by Crippen LogP contribution is 2.14. The van der Waals surface area contributed by atoms with Gasteiger partial charge in [-0.25, -0.2) is 0 Å². The van der Waals surface area contributed by atoms with E-state index in [4.69, 9.17) is 14.2 Å². The normalized spacial score (nSPS) is 13.0. The number of unbranched alkanes of at least 4 members (excludes halogenated alkanes) is 23. The molecule has 0 amide bonds. The largest absolute Gasteiger partial charge is 0.462 e. The van der Waals surface area contributed by atoms with Gasteiger partial charge in [0.05, 0.1) is 0 Å². The summed E-state index contributed by atoms with van der Waals surface area (Å²) in [4.78, 5) is 38.2. The summed E-state index contributed by atoms with van der Waals surface area (Å²) >= 11 is 0. The van der Waals surface area contributed by atoms with Crippen LogP contribution in [0.15, 0.2) is 122 Å². The molecule has 0 aromatic rings. The van der Waals surface area contributed by atoms with Crippen molar-refractivity contribution in [2.45, 2.75) is 277 Å². The maximum atomic E-state index is 12.9. The SMILES string of the molecule is CC/C=C\C/C=C\C/C=C\C/C=C\C/C=C\C/C=C\C/C=C\CCCCCC(=O)OCC(COC(=O)CCCCCCC/C=C\CCC)OC(=O)CCCCCCCCCCC/C=C\C/C=C\CCCCCCC. The van der Waals surface area contributed by atoms with Gasteiger partial charge in [-0.15, -0.1) is 0 Å². The van der Waals surface area contributed by atoms with Gasteiger partial charge >= 0.3 is 17.9 Å². The number of esters is 3. The fraction of sp³-hybridized carbons (Fsp3) is 0.662. The Kier molecular flexibility index (Phi) is 57.9. The van der Waals surface area contributed by atoms with E-state index in [9.17, 15) is 14.4 Å². The Balaban J connectivity index is 4.38. The van der Waals surface area contributed by atoms with Crippen LogP contribution in [0.2, 0.25) is 0 Å². The molecule has 0 N–H and O–H groups in total. The first kappa shape index (κ1) is 69.8. The van der Waals surface area contributed by atoms with Crippen LogP contribution in [0.25, 0.3) is 0 Å². The van der Waals surface area contributed by atoms with Gasteiger partial charge in [0.25, 0.3) is 0 Å². The van der Waals surface area contributed by atoms with Crippen molar-refractivity contribution >= 4 is 17.9 Å². The van der Waals surface area contributed by atoms with E-state index < -0.39 is 6.10 Å². The molecule has 0 aliphatic carbocycles. The molecule has 0 aromatic heterocycles. The molecule has 0 bridgehead atoms. The molecule has 74 heavy (non-hydrogen) atoms. The Bertz CT molecular complexity index is 1550. The molecular weight excluding hydrogens is 913 g/mol. The number of carbonyl (C=O) groups is 3. The smallest absolute Gasteiger partial charge is 0.306 e. The van der Waals surface area contributed by atoms with Crippen molar-refractivity contribution in [2.75, 3.05) is 13.2 Å². The quantitative estimate of drug-likeness (QED) is 0.0261. The molecule has 1 atom stereocenters. The van der Waals surface area contributed by atoms with Crippen LogP contribution in [-0.4, -0.2) is 37.2 Å².